The summed E-state index contributed by atoms with van der Waals surface area (Å²) in [6.07, 6.45) is 3.84. The molecule has 0 bridgehead atoms. The van der Waals surface area contributed by atoms with Crippen molar-refractivity contribution in [3.8, 4) is 6.07 Å². The van der Waals surface area contributed by atoms with Gasteiger partial charge < -0.3 is 4.74 Å². The molecule has 0 aliphatic rings. The first-order valence-electron chi connectivity index (χ1n) is 10.5. The van der Waals surface area contributed by atoms with Crippen LogP contribution < -0.4 is 5.56 Å². The molecule has 0 spiro atoms. The van der Waals surface area contributed by atoms with Gasteiger partial charge in [0.1, 0.15) is 5.01 Å². The molecule has 0 saturated heterocycles. The summed E-state index contributed by atoms with van der Waals surface area (Å²) in [4.78, 5) is 42.3. The molecule has 9 heteroatoms. The van der Waals surface area contributed by atoms with Crippen molar-refractivity contribution in [2.45, 2.75) is 52.0 Å². The summed E-state index contributed by atoms with van der Waals surface area (Å²) >= 11 is 1.21. The third-order valence-electron chi connectivity index (χ3n) is 4.96. The van der Waals surface area contributed by atoms with Gasteiger partial charge in [-0.2, -0.15) is 10.4 Å². The Kier molecular flexibility index (Phi) is 7.84. The molecular formula is C23H24N4O4S. The van der Waals surface area contributed by atoms with E-state index in [0.29, 0.717) is 28.0 Å². The summed E-state index contributed by atoms with van der Waals surface area (Å²) in [5.74, 6) is -2.48. The number of unbranched alkanes of at least 4 members (excludes halogenated alkanes) is 3. The number of ketones is 1. The number of thiazole rings is 1. The van der Waals surface area contributed by atoms with E-state index in [9.17, 15) is 19.6 Å². The SMILES string of the molecule is CCCCCCn1nc(C(=O)OCC(=O)C(C#N)c2nc(C)cs2)c2ccccc2c1=O. The minimum Gasteiger partial charge on any atom is -0.453 e. The first-order chi connectivity index (χ1) is 15.5. The monoisotopic (exact) mass is 452 g/mol. The number of benzene rings is 1. The molecule has 0 radical (unpaired) electrons. The van der Waals surface area contributed by atoms with Crippen LogP contribution in [0.5, 0.6) is 0 Å². The number of fused-ring (bicyclic) bond motifs is 1. The summed E-state index contributed by atoms with van der Waals surface area (Å²) in [7, 11) is 0. The number of hydrogen-bond acceptors (Lipinski definition) is 8. The Hall–Kier alpha value is -3.38. The van der Waals surface area contributed by atoms with Crippen molar-refractivity contribution >= 4 is 33.9 Å². The van der Waals surface area contributed by atoms with Crippen molar-refractivity contribution in [3.63, 3.8) is 0 Å². The lowest BCUT2D eigenvalue weighted by atomic mass is 10.1. The van der Waals surface area contributed by atoms with Gasteiger partial charge >= 0.3 is 5.97 Å². The van der Waals surface area contributed by atoms with E-state index in [1.54, 1.807) is 36.6 Å². The van der Waals surface area contributed by atoms with Crippen LogP contribution in [0.1, 0.15) is 59.7 Å². The Balaban J connectivity index is 1.80. The van der Waals surface area contributed by atoms with E-state index in [0.717, 1.165) is 25.7 Å². The molecule has 2 heterocycles. The van der Waals surface area contributed by atoms with Crippen molar-refractivity contribution in [2.24, 2.45) is 0 Å². The topological polar surface area (TPSA) is 115 Å². The molecule has 32 heavy (non-hydrogen) atoms. The number of aromatic nitrogens is 3. The maximum Gasteiger partial charge on any atom is 0.359 e. The molecule has 0 saturated carbocycles. The first kappa shape index (κ1) is 23.3. The molecule has 1 atom stereocenters. The van der Waals surface area contributed by atoms with E-state index in [1.165, 1.54) is 16.0 Å². The summed E-state index contributed by atoms with van der Waals surface area (Å²) in [5, 5.41) is 16.5. The largest absolute Gasteiger partial charge is 0.453 e. The molecule has 1 unspecified atom stereocenters. The smallest absolute Gasteiger partial charge is 0.359 e. The van der Waals surface area contributed by atoms with Gasteiger partial charge in [-0.25, -0.2) is 14.5 Å². The second-order valence-corrected chi connectivity index (χ2v) is 8.30. The fourth-order valence-electron chi connectivity index (χ4n) is 3.28. The van der Waals surface area contributed by atoms with Gasteiger partial charge in [0, 0.05) is 23.0 Å². The van der Waals surface area contributed by atoms with Gasteiger partial charge in [0.15, 0.2) is 24.0 Å². The molecular weight excluding hydrogens is 428 g/mol. The minimum atomic E-state index is -1.10. The Morgan fingerprint density at radius 2 is 1.97 bits per heavy atom. The van der Waals surface area contributed by atoms with Gasteiger partial charge in [-0.15, -0.1) is 11.3 Å². The fourth-order valence-corrected chi connectivity index (χ4v) is 4.14. The van der Waals surface area contributed by atoms with Gasteiger partial charge in [-0.3, -0.25) is 9.59 Å². The molecule has 0 aliphatic heterocycles. The zero-order valence-electron chi connectivity index (χ0n) is 18.0. The lowest BCUT2D eigenvalue weighted by Gasteiger charge is -2.11. The van der Waals surface area contributed by atoms with Crippen LogP contribution in [-0.4, -0.2) is 33.1 Å². The highest BCUT2D eigenvalue weighted by Gasteiger charge is 2.26. The molecule has 0 fully saturated rings. The lowest BCUT2D eigenvalue weighted by molar-refractivity contribution is -0.122. The summed E-state index contributed by atoms with van der Waals surface area (Å²) < 4.78 is 6.49. The van der Waals surface area contributed by atoms with Crippen LogP contribution in [-0.2, 0) is 16.1 Å². The van der Waals surface area contributed by atoms with Crippen LogP contribution in [0.4, 0.5) is 0 Å². The number of carbonyl (C=O) groups is 2. The second-order valence-electron chi connectivity index (χ2n) is 7.41. The Morgan fingerprint density at radius 3 is 2.62 bits per heavy atom. The second kappa shape index (κ2) is 10.8. The zero-order valence-corrected chi connectivity index (χ0v) is 18.9. The first-order valence-corrected chi connectivity index (χ1v) is 11.4. The van der Waals surface area contributed by atoms with Crippen LogP contribution in [0, 0.1) is 18.3 Å². The molecule has 2 aromatic heterocycles. The minimum absolute atomic E-state index is 0.0258. The van der Waals surface area contributed by atoms with E-state index in [1.807, 2.05) is 6.07 Å². The number of nitrogens with zero attached hydrogens (tertiary/aromatic N) is 4. The van der Waals surface area contributed by atoms with Crippen molar-refractivity contribution < 1.29 is 14.3 Å². The average Bonchev–Trinajstić information content (AvgIpc) is 3.22. The van der Waals surface area contributed by atoms with Crippen LogP contribution in [0.15, 0.2) is 34.4 Å². The number of aryl methyl sites for hydroxylation is 2. The number of carbonyl (C=O) groups excluding carboxylic acids is 2. The third kappa shape index (κ3) is 5.26. The van der Waals surface area contributed by atoms with Gasteiger partial charge in [-0.1, -0.05) is 44.4 Å². The maximum absolute atomic E-state index is 12.8. The molecule has 0 amide bonds. The number of hydrogen-bond donors (Lipinski definition) is 0. The van der Waals surface area contributed by atoms with Crippen molar-refractivity contribution in [2.75, 3.05) is 6.61 Å². The van der Waals surface area contributed by atoms with E-state index in [2.05, 4.69) is 17.0 Å². The van der Waals surface area contributed by atoms with Crippen LogP contribution in [0.2, 0.25) is 0 Å². The van der Waals surface area contributed by atoms with Crippen LogP contribution in [0.3, 0.4) is 0 Å². The van der Waals surface area contributed by atoms with Gasteiger partial charge in [0.2, 0.25) is 0 Å². The van der Waals surface area contributed by atoms with E-state index < -0.39 is 24.3 Å². The highest BCUT2D eigenvalue weighted by molar-refractivity contribution is 7.09. The van der Waals surface area contributed by atoms with E-state index in [-0.39, 0.29) is 11.3 Å². The normalized spacial score (nSPS) is 11.8. The van der Waals surface area contributed by atoms with Crippen LogP contribution >= 0.6 is 11.3 Å². The Morgan fingerprint density at radius 1 is 1.22 bits per heavy atom. The zero-order chi connectivity index (χ0) is 23.1. The Bertz CT molecular complexity index is 1220. The summed E-state index contributed by atoms with van der Waals surface area (Å²) in [6, 6.07) is 8.61. The summed E-state index contributed by atoms with van der Waals surface area (Å²) in [5.41, 5.74) is 0.419. The van der Waals surface area contributed by atoms with E-state index in [4.69, 9.17) is 4.74 Å². The fraction of sp³-hybridized carbons (Fsp3) is 0.391. The third-order valence-corrected chi connectivity index (χ3v) is 5.99. The number of rotatable bonds is 10. The highest BCUT2D eigenvalue weighted by atomic mass is 32.1. The lowest BCUT2D eigenvalue weighted by Crippen LogP contribution is -2.27. The average molecular weight is 453 g/mol. The van der Waals surface area contributed by atoms with Crippen LogP contribution in [0.25, 0.3) is 10.8 Å². The summed E-state index contributed by atoms with van der Waals surface area (Å²) in [6.45, 7) is 3.68. The molecule has 8 nitrogen and oxygen atoms in total. The standard InChI is InChI=1S/C23H24N4O4S/c1-3-4-5-8-11-27-22(29)17-10-7-6-9-16(17)20(26-27)23(30)31-13-19(28)18(12-24)21-25-15(2)14-32-21/h6-7,9-10,14,18H,3-5,8,11,13H2,1-2H3. The molecule has 166 valence electrons. The van der Waals surface area contributed by atoms with Crippen molar-refractivity contribution in [1.29, 1.82) is 5.26 Å². The molecule has 1 aromatic carbocycles. The van der Waals surface area contributed by atoms with Gasteiger partial charge in [0.25, 0.3) is 5.56 Å². The molecule has 0 aliphatic carbocycles. The van der Waals surface area contributed by atoms with E-state index >= 15 is 0 Å². The maximum atomic E-state index is 12.8. The van der Waals surface area contributed by atoms with Crippen molar-refractivity contribution in [1.82, 2.24) is 14.8 Å². The highest BCUT2D eigenvalue weighted by Crippen LogP contribution is 2.21. The van der Waals surface area contributed by atoms with Gasteiger partial charge in [0.05, 0.1) is 11.5 Å². The Labute approximate surface area is 189 Å². The number of Topliss-reactive ketones (excluding diaryl/α,β-unsaturated/α-hetero) is 1. The molecule has 0 N–H and O–H groups in total. The quantitative estimate of drug-likeness (QED) is 0.340. The van der Waals surface area contributed by atoms with Gasteiger partial charge in [-0.05, 0) is 19.4 Å². The number of esters is 1. The molecule has 3 aromatic rings. The van der Waals surface area contributed by atoms with Crippen molar-refractivity contribution in [3.05, 3.63) is 56.4 Å². The predicted octanol–water partition coefficient (Wildman–Crippen LogP) is 3.78. The predicted molar refractivity (Wildman–Crippen MR) is 121 cm³/mol. The molecule has 3 rings (SSSR count). The number of nitriles is 1. The number of ether oxygens (including phenoxy) is 1.